The molecule has 7 heteroatoms. The molecule has 1 aromatic carbocycles. The van der Waals surface area contributed by atoms with Crippen LogP contribution in [0.25, 0.3) is 0 Å². The number of rotatable bonds is 4. The first kappa shape index (κ1) is 20.2. The summed E-state index contributed by atoms with van der Waals surface area (Å²) in [7, 11) is 1.72. The fourth-order valence-electron chi connectivity index (χ4n) is 3.54. The van der Waals surface area contributed by atoms with Gasteiger partial charge in [0.05, 0.1) is 7.11 Å². The first-order chi connectivity index (χ1) is 12.5. The largest absolute Gasteiger partial charge is 0.497 e. The third-order valence-corrected chi connectivity index (χ3v) is 4.96. The standard InChI is InChI=1S/C17H26N2O.C2H2O4/c1-20-17-6-4-15(5-7-17)14-18-12-8-16(9-13-18)19-10-2-3-11-19;3-1(4)2(5)6/h4-7,16H,2-3,8-14H2,1H3;(H,3,4)(H,5,6). The van der Waals surface area contributed by atoms with Crippen molar-refractivity contribution in [3.05, 3.63) is 29.8 Å². The lowest BCUT2D eigenvalue weighted by Crippen LogP contribution is -2.43. The van der Waals surface area contributed by atoms with Gasteiger partial charge >= 0.3 is 11.9 Å². The molecule has 0 aliphatic carbocycles. The molecule has 0 bridgehead atoms. The second kappa shape index (κ2) is 10.1. The second-order valence-corrected chi connectivity index (χ2v) is 6.71. The van der Waals surface area contributed by atoms with Gasteiger partial charge < -0.3 is 19.8 Å². The third-order valence-electron chi connectivity index (χ3n) is 4.96. The molecule has 144 valence electrons. The third kappa shape index (κ3) is 6.31. The van der Waals surface area contributed by atoms with E-state index in [-0.39, 0.29) is 0 Å². The molecule has 0 saturated carbocycles. The molecule has 0 spiro atoms. The highest BCUT2D eigenvalue weighted by molar-refractivity contribution is 6.27. The number of likely N-dealkylation sites (tertiary alicyclic amines) is 2. The van der Waals surface area contributed by atoms with E-state index in [1.807, 2.05) is 0 Å². The van der Waals surface area contributed by atoms with Crippen molar-refractivity contribution in [1.82, 2.24) is 9.80 Å². The van der Waals surface area contributed by atoms with E-state index in [0.29, 0.717) is 0 Å². The molecule has 0 atom stereocenters. The number of nitrogens with zero attached hydrogens (tertiary/aromatic N) is 2. The lowest BCUT2D eigenvalue weighted by Gasteiger charge is -2.36. The molecule has 2 N–H and O–H groups in total. The van der Waals surface area contributed by atoms with Crippen molar-refractivity contribution < 1.29 is 24.5 Å². The molecule has 1 aromatic rings. The number of piperidine rings is 1. The van der Waals surface area contributed by atoms with Crippen LogP contribution in [0.1, 0.15) is 31.2 Å². The number of carboxylic acids is 2. The van der Waals surface area contributed by atoms with Gasteiger partial charge in [0.25, 0.3) is 0 Å². The molecule has 2 saturated heterocycles. The van der Waals surface area contributed by atoms with Gasteiger partial charge in [0, 0.05) is 12.6 Å². The lowest BCUT2D eigenvalue weighted by molar-refractivity contribution is -0.159. The number of aliphatic carboxylic acids is 2. The molecule has 2 aliphatic rings. The maximum Gasteiger partial charge on any atom is 0.414 e. The van der Waals surface area contributed by atoms with Crippen LogP contribution < -0.4 is 4.74 Å². The van der Waals surface area contributed by atoms with Gasteiger partial charge in [-0.3, -0.25) is 4.90 Å². The summed E-state index contributed by atoms with van der Waals surface area (Å²) in [4.78, 5) is 23.5. The molecular weight excluding hydrogens is 336 g/mol. The molecule has 2 aliphatic heterocycles. The quantitative estimate of drug-likeness (QED) is 0.789. The Morgan fingerprint density at radius 1 is 1.00 bits per heavy atom. The minimum atomic E-state index is -1.82. The molecule has 2 heterocycles. The van der Waals surface area contributed by atoms with Crippen molar-refractivity contribution in [1.29, 1.82) is 0 Å². The van der Waals surface area contributed by atoms with E-state index in [4.69, 9.17) is 24.5 Å². The number of hydrogen-bond acceptors (Lipinski definition) is 5. The predicted molar refractivity (Wildman–Crippen MR) is 97.4 cm³/mol. The van der Waals surface area contributed by atoms with Crippen LogP contribution in [0.4, 0.5) is 0 Å². The highest BCUT2D eigenvalue weighted by Gasteiger charge is 2.26. The predicted octanol–water partition coefficient (Wildman–Crippen LogP) is 1.91. The van der Waals surface area contributed by atoms with Crippen molar-refractivity contribution in [3.8, 4) is 5.75 Å². The van der Waals surface area contributed by atoms with Crippen LogP contribution in [0.15, 0.2) is 24.3 Å². The Balaban J connectivity index is 0.000000352. The molecule has 0 aromatic heterocycles. The summed E-state index contributed by atoms with van der Waals surface area (Å²) in [6.07, 6.45) is 5.50. The Hall–Kier alpha value is -2.12. The van der Waals surface area contributed by atoms with Crippen LogP contribution in [0.3, 0.4) is 0 Å². The molecule has 0 amide bonds. The zero-order chi connectivity index (χ0) is 18.9. The summed E-state index contributed by atoms with van der Waals surface area (Å²) in [5.41, 5.74) is 1.39. The summed E-state index contributed by atoms with van der Waals surface area (Å²) in [5.74, 6) is -2.70. The van der Waals surface area contributed by atoms with E-state index in [0.717, 1.165) is 18.3 Å². The van der Waals surface area contributed by atoms with E-state index < -0.39 is 11.9 Å². The molecule has 2 fully saturated rings. The molecule has 3 rings (SSSR count). The van der Waals surface area contributed by atoms with Gasteiger partial charge in [-0.2, -0.15) is 0 Å². The Bertz CT molecular complexity index is 564. The zero-order valence-electron chi connectivity index (χ0n) is 15.3. The van der Waals surface area contributed by atoms with Crippen LogP contribution in [-0.4, -0.2) is 71.3 Å². The minimum Gasteiger partial charge on any atom is -0.497 e. The zero-order valence-corrected chi connectivity index (χ0v) is 15.3. The Morgan fingerprint density at radius 2 is 1.54 bits per heavy atom. The van der Waals surface area contributed by atoms with Gasteiger partial charge in [-0.05, 0) is 69.6 Å². The smallest absolute Gasteiger partial charge is 0.414 e. The molecule has 0 radical (unpaired) electrons. The number of benzene rings is 1. The highest BCUT2D eigenvalue weighted by Crippen LogP contribution is 2.22. The average Bonchev–Trinajstić information content (AvgIpc) is 3.18. The fraction of sp³-hybridized carbons (Fsp3) is 0.579. The normalized spacial score (nSPS) is 18.8. The van der Waals surface area contributed by atoms with Gasteiger partial charge in [0.15, 0.2) is 0 Å². The number of methoxy groups -OCH3 is 1. The summed E-state index contributed by atoms with van der Waals surface area (Å²) >= 11 is 0. The van der Waals surface area contributed by atoms with E-state index in [2.05, 4.69) is 34.1 Å². The minimum absolute atomic E-state index is 0.851. The molecule has 26 heavy (non-hydrogen) atoms. The summed E-state index contributed by atoms with van der Waals surface area (Å²) in [5, 5.41) is 14.8. The SMILES string of the molecule is COc1ccc(CN2CCC(N3CCCC3)CC2)cc1.O=C(O)C(=O)O. The van der Waals surface area contributed by atoms with E-state index in [1.54, 1.807) is 7.11 Å². The molecule has 7 nitrogen and oxygen atoms in total. The van der Waals surface area contributed by atoms with Gasteiger partial charge in [-0.25, -0.2) is 9.59 Å². The topological polar surface area (TPSA) is 90.3 Å². The van der Waals surface area contributed by atoms with Gasteiger partial charge in [0.1, 0.15) is 5.75 Å². The van der Waals surface area contributed by atoms with Crippen molar-refractivity contribution in [2.75, 3.05) is 33.3 Å². The van der Waals surface area contributed by atoms with Crippen LogP contribution in [0.5, 0.6) is 5.75 Å². The van der Waals surface area contributed by atoms with E-state index in [9.17, 15) is 0 Å². The highest BCUT2D eigenvalue weighted by atomic mass is 16.5. The van der Waals surface area contributed by atoms with Crippen molar-refractivity contribution in [3.63, 3.8) is 0 Å². The van der Waals surface area contributed by atoms with Crippen LogP contribution >= 0.6 is 0 Å². The van der Waals surface area contributed by atoms with Gasteiger partial charge in [0.2, 0.25) is 0 Å². The monoisotopic (exact) mass is 364 g/mol. The van der Waals surface area contributed by atoms with Crippen molar-refractivity contribution >= 4 is 11.9 Å². The van der Waals surface area contributed by atoms with Crippen LogP contribution in [-0.2, 0) is 16.1 Å². The average molecular weight is 364 g/mol. The van der Waals surface area contributed by atoms with Gasteiger partial charge in [-0.1, -0.05) is 12.1 Å². The fourth-order valence-corrected chi connectivity index (χ4v) is 3.54. The molecule has 0 unspecified atom stereocenters. The van der Waals surface area contributed by atoms with E-state index >= 15 is 0 Å². The van der Waals surface area contributed by atoms with E-state index in [1.165, 1.54) is 57.4 Å². The van der Waals surface area contributed by atoms with Crippen LogP contribution in [0.2, 0.25) is 0 Å². The number of ether oxygens (including phenoxy) is 1. The number of hydrogen-bond donors (Lipinski definition) is 2. The summed E-state index contributed by atoms with van der Waals surface area (Å²) in [6.45, 7) is 6.24. The van der Waals surface area contributed by atoms with Crippen molar-refractivity contribution in [2.24, 2.45) is 0 Å². The maximum absolute atomic E-state index is 9.10. The lowest BCUT2D eigenvalue weighted by atomic mass is 10.0. The maximum atomic E-state index is 9.10. The number of carboxylic acid groups (broad SMARTS) is 2. The summed E-state index contributed by atoms with van der Waals surface area (Å²) in [6, 6.07) is 9.35. The summed E-state index contributed by atoms with van der Waals surface area (Å²) < 4.78 is 5.21. The number of carbonyl (C=O) groups is 2. The Labute approximate surface area is 154 Å². The molecular formula is C19H28N2O5. The van der Waals surface area contributed by atoms with Crippen LogP contribution in [0, 0.1) is 0 Å². The Kier molecular flexibility index (Phi) is 7.87. The van der Waals surface area contributed by atoms with Gasteiger partial charge in [-0.15, -0.1) is 0 Å². The van der Waals surface area contributed by atoms with Crippen molar-refractivity contribution in [2.45, 2.75) is 38.3 Å². The first-order valence-electron chi connectivity index (χ1n) is 9.05. The first-order valence-corrected chi connectivity index (χ1v) is 9.05. The second-order valence-electron chi connectivity index (χ2n) is 6.71. The Morgan fingerprint density at radius 3 is 2.00 bits per heavy atom.